The van der Waals surface area contributed by atoms with Crippen LogP contribution in [0.15, 0.2) is 23.9 Å². The number of hydrogen-bond donors (Lipinski definition) is 2. The first-order valence-corrected chi connectivity index (χ1v) is 6.54. The Bertz CT molecular complexity index is 515. The van der Waals surface area contributed by atoms with Gasteiger partial charge in [-0.05, 0) is 13.3 Å². The molecule has 0 heterocycles. The summed E-state index contributed by atoms with van der Waals surface area (Å²) < 4.78 is 10.3. The van der Waals surface area contributed by atoms with E-state index in [9.17, 15) is 4.79 Å². The van der Waals surface area contributed by atoms with Gasteiger partial charge in [0.05, 0.1) is 24.9 Å². The molecule has 5 nitrogen and oxygen atoms in total. The summed E-state index contributed by atoms with van der Waals surface area (Å²) in [6, 6.07) is 2.83. The van der Waals surface area contributed by atoms with Crippen LogP contribution in [0.25, 0.3) is 0 Å². The summed E-state index contributed by atoms with van der Waals surface area (Å²) in [5, 5.41) is 5.74. The van der Waals surface area contributed by atoms with Crippen molar-refractivity contribution in [1.29, 1.82) is 0 Å². The second-order valence-electron chi connectivity index (χ2n) is 4.13. The second kappa shape index (κ2) is 7.65. The predicted octanol–water partition coefficient (Wildman–Crippen LogP) is 3.79. The van der Waals surface area contributed by atoms with Gasteiger partial charge in [0.25, 0.3) is 0 Å². The largest absolute Gasteiger partial charge is 0.495 e. The summed E-state index contributed by atoms with van der Waals surface area (Å²) in [4.78, 5) is 11.8. The van der Waals surface area contributed by atoms with Crippen molar-refractivity contribution < 1.29 is 14.3 Å². The lowest BCUT2D eigenvalue weighted by molar-refractivity contribution is 0.255. The Morgan fingerprint density at radius 1 is 1.30 bits per heavy atom. The van der Waals surface area contributed by atoms with E-state index < -0.39 is 0 Å². The SMILES string of the molecule is CC/C(C)=C/NC(=O)Nc1cc(OC)c(Cl)cc1OC. The third kappa shape index (κ3) is 4.35. The lowest BCUT2D eigenvalue weighted by Gasteiger charge is -2.13. The Labute approximate surface area is 123 Å². The van der Waals surface area contributed by atoms with E-state index in [0.29, 0.717) is 22.2 Å². The van der Waals surface area contributed by atoms with Crippen LogP contribution in [0.1, 0.15) is 20.3 Å². The van der Waals surface area contributed by atoms with Crippen LogP contribution in [0.3, 0.4) is 0 Å². The van der Waals surface area contributed by atoms with Crippen molar-refractivity contribution in [2.45, 2.75) is 20.3 Å². The van der Waals surface area contributed by atoms with Gasteiger partial charge in [-0.1, -0.05) is 24.1 Å². The number of urea groups is 1. The van der Waals surface area contributed by atoms with E-state index in [1.807, 2.05) is 13.8 Å². The van der Waals surface area contributed by atoms with Crippen LogP contribution >= 0.6 is 11.6 Å². The standard InChI is InChI=1S/C14H19ClN2O3/c1-5-9(2)8-16-14(18)17-11-7-12(19-3)10(15)6-13(11)20-4/h6-8H,5H2,1-4H3,(H2,16,17,18)/b9-8+. The Morgan fingerprint density at radius 3 is 2.50 bits per heavy atom. The van der Waals surface area contributed by atoms with Crippen LogP contribution < -0.4 is 20.1 Å². The molecule has 2 N–H and O–H groups in total. The number of allylic oxidation sites excluding steroid dienone is 1. The molecule has 6 heteroatoms. The molecule has 0 saturated carbocycles. The second-order valence-corrected chi connectivity index (χ2v) is 4.54. The Hall–Kier alpha value is -1.88. The van der Waals surface area contributed by atoms with Gasteiger partial charge in [0.2, 0.25) is 0 Å². The molecule has 2 amide bonds. The van der Waals surface area contributed by atoms with E-state index >= 15 is 0 Å². The van der Waals surface area contributed by atoms with Crippen molar-refractivity contribution in [1.82, 2.24) is 5.32 Å². The fourth-order valence-corrected chi connectivity index (χ4v) is 1.64. The molecule has 1 aromatic rings. The number of carbonyl (C=O) groups is 1. The Kier molecular flexibility index (Phi) is 6.18. The summed E-state index contributed by atoms with van der Waals surface area (Å²) in [5.74, 6) is 0.921. The van der Waals surface area contributed by atoms with Gasteiger partial charge in [0, 0.05) is 18.3 Å². The van der Waals surface area contributed by atoms with Gasteiger partial charge in [0.15, 0.2) is 0 Å². The van der Waals surface area contributed by atoms with Gasteiger partial charge in [-0.3, -0.25) is 0 Å². The van der Waals surface area contributed by atoms with Crippen LogP contribution in [0.4, 0.5) is 10.5 Å². The predicted molar refractivity (Wildman–Crippen MR) is 80.8 cm³/mol. The molecule has 0 spiro atoms. The molecule has 110 valence electrons. The minimum absolute atomic E-state index is 0.361. The molecule has 0 aromatic heterocycles. The van der Waals surface area contributed by atoms with E-state index in [1.165, 1.54) is 14.2 Å². The van der Waals surface area contributed by atoms with E-state index in [4.69, 9.17) is 21.1 Å². The Balaban J connectivity index is 2.88. The number of methoxy groups -OCH3 is 2. The van der Waals surface area contributed by atoms with Crippen molar-refractivity contribution in [2.75, 3.05) is 19.5 Å². The smallest absolute Gasteiger partial charge is 0.323 e. The van der Waals surface area contributed by atoms with Gasteiger partial charge >= 0.3 is 6.03 Å². The van der Waals surface area contributed by atoms with Gasteiger partial charge in [-0.25, -0.2) is 4.79 Å². The molecule has 1 rings (SSSR count). The fraction of sp³-hybridized carbons (Fsp3) is 0.357. The quantitative estimate of drug-likeness (QED) is 0.869. The van der Waals surface area contributed by atoms with Crippen molar-refractivity contribution in [3.63, 3.8) is 0 Å². The summed E-state index contributed by atoms with van der Waals surface area (Å²) >= 11 is 6.00. The zero-order valence-corrected chi connectivity index (χ0v) is 12.8. The average Bonchev–Trinajstić information content (AvgIpc) is 2.45. The molecule has 0 atom stereocenters. The van der Waals surface area contributed by atoms with Crippen LogP contribution in [-0.4, -0.2) is 20.3 Å². The molecule has 0 aliphatic rings. The number of carbonyl (C=O) groups excluding carboxylic acids is 1. The highest BCUT2D eigenvalue weighted by molar-refractivity contribution is 6.32. The number of amides is 2. The highest BCUT2D eigenvalue weighted by Gasteiger charge is 2.11. The van der Waals surface area contributed by atoms with Crippen molar-refractivity contribution in [3.05, 3.63) is 28.9 Å². The minimum atomic E-state index is -0.361. The number of ether oxygens (including phenoxy) is 2. The number of anilines is 1. The van der Waals surface area contributed by atoms with Gasteiger partial charge in [0.1, 0.15) is 11.5 Å². The molecular formula is C14H19ClN2O3. The van der Waals surface area contributed by atoms with E-state index in [1.54, 1.807) is 18.3 Å². The molecule has 1 aromatic carbocycles. The first-order chi connectivity index (χ1) is 9.51. The molecular weight excluding hydrogens is 280 g/mol. The number of halogens is 1. The third-order valence-electron chi connectivity index (χ3n) is 2.73. The van der Waals surface area contributed by atoms with Crippen LogP contribution in [0.2, 0.25) is 5.02 Å². The number of hydrogen-bond acceptors (Lipinski definition) is 3. The average molecular weight is 299 g/mol. The van der Waals surface area contributed by atoms with Gasteiger partial charge in [-0.15, -0.1) is 0 Å². The first-order valence-electron chi connectivity index (χ1n) is 6.16. The van der Waals surface area contributed by atoms with E-state index in [-0.39, 0.29) is 6.03 Å². The van der Waals surface area contributed by atoms with Crippen molar-refractivity contribution >= 4 is 23.3 Å². The summed E-state index contributed by atoms with van der Waals surface area (Å²) in [6.45, 7) is 3.95. The molecule has 0 radical (unpaired) electrons. The topological polar surface area (TPSA) is 59.6 Å². The summed E-state index contributed by atoms with van der Waals surface area (Å²) in [5.41, 5.74) is 1.55. The molecule has 0 bridgehead atoms. The highest BCUT2D eigenvalue weighted by atomic mass is 35.5. The molecule has 0 saturated heterocycles. The summed E-state index contributed by atoms with van der Waals surface area (Å²) in [6.07, 6.45) is 2.54. The van der Waals surface area contributed by atoms with Crippen LogP contribution in [0.5, 0.6) is 11.5 Å². The molecule has 0 fully saturated rings. The monoisotopic (exact) mass is 298 g/mol. The maximum absolute atomic E-state index is 11.8. The minimum Gasteiger partial charge on any atom is -0.495 e. The Morgan fingerprint density at radius 2 is 1.95 bits per heavy atom. The third-order valence-corrected chi connectivity index (χ3v) is 3.02. The normalized spacial score (nSPS) is 10.9. The van der Waals surface area contributed by atoms with E-state index in [0.717, 1.165) is 12.0 Å². The molecule has 0 unspecified atom stereocenters. The first kappa shape index (κ1) is 16.2. The van der Waals surface area contributed by atoms with E-state index in [2.05, 4.69) is 10.6 Å². The van der Waals surface area contributed by atoms with Crippen LogP contribution in [0, 0.1) is 0 Å². The zero-order chi connectivity index (χ0) is 15.1. The number of rotatable bonds is 5. The summed E-state index contributed by atoms with van der Waals surface area (Å²) in [7, 11) is 3.01. The van der Waals surface area contributed by atoms with Crippen molar-refractivity contribution in [2.24, 2.45) is 0 Å². The lowest BCUT2D eigenvalue weighted by Crippen LogP contribution is -2.24. The number of nitrogens with one attached hydrogen (secondary N) is 2. The molecule has 0 aliphatic heterocycles. The maximum Gasteiger partial charge on any atom is 0.323 e. The molecule has 20 heavy (non-hydrogen) atoms. The highest BCUT2D eigenvalue weighted by Crippen LogP contribution is 2.35. The fourth-order valence-electron chi connectivity index (χ4n) is 1.41. The van der Waals surface area contributed by atoms with Crippen LogP contribution in [-0.2, 0) is 0 Å². The van der Waals surface area contributed by atoms with Gasteiger partial charge < -0.3 is 20.1 Å². The maximum atomic E-state index is 11.8. The van der Waals surface area contributed by atoms with Crippen molar-refractivity contribution in [3.8, 4) is 11.5 Å². The zero-order valence-electron chi connectivity index (χ0n) is 12.0. The molecule has 0 aliphatic carbocycles. The van der Waals surface area contributed by atoms with Gasteiger partial charge in [-0.2, -0.15) is 0 Å². The lowest BCUT2D eigenvalue weighted by atomic mass is 10.2. The number of benzene rings is 1.